The second-order valence-electron chi connectivity index (χ2n) is 4.66. The fourth-order valence-electron chi connectivity index (χ4n) is 2.00. The lowest BCUT2D eigenvalue weighted by atomic mass is 10.1. The largest absolute Gasteiger partial charge is 0.497 e. The molecule has 1 aromatic carbocycles. The van der Waals surface area contributed by atoms with Crippen molar-refractivity contribution < 1.29 is 27.5 Å². The lowest BCUT2D eigenvalue weighted by Gasteiger charge is -2.25. The van der Waals surface area contributed by atoms with Gasteiger partial charge in [0.05, 0.1) is 20.0 Å². The van der Waals surface area contributed by atoms with Crippen LogP contribution in [-0.2, 0) is 9.53 Å². The number of hydrogen-bond donors (Lipinski definition) is 1. The summed E-state index contributed by atoms with van der Waals surface area (Å²) in [6, 6.07) is 7.51. The summed E-state index contributed by atoms with van der Waals surface area (Å²) in [5.41, 5.74) is 0.385. The van der Waals surface area contributed by atoms with E-state index in [0.717, 1.165) is 0 Å². The van der Waals surface area contributed by atoms with Crippen molar-refractivity contribution in [1.29, 1.82) is 0 Å². The molecule has 0 radical (unpaired) electrons. The summed E-state index contributed by atoms with van der Waals surface area (Å²) < 4.78 is 43.4. The Hall–Kier alpha value is -2.57. The normalized spacial score (nSPS) is 12.5. The zero-order chi connectivity index (χ0) is 16.9. The van der Waals surface area contributed by atoms with Crippen LogP contribution in [0.1, 0.15) is 18.7 Å². The second kappa shape index (κ2) is 7.13. The highest BCUT2D eigenvalue weighted by Gasteiger charge is 2.51. The fraction of sp³-hybridized carbons (Fsp3) is 0.312. The summed E-state index contributed by atoms with van der Waals surface area (Å²) in [5.74, 6) is -4.89. The number of furan rings is 1. The highest BCUT2D eigenvalue weighted by atomic mass is 19.3. The van der Waals surface area contributed by atoms with Crippen LogP contribution in [0.2, 0.25) is 0 Å². The summed E-state index contributed by atoms with van der Waals surface area (Å²) in [5, 5.41) is 2.61. The molecule has 7 heteroatoms. The number of esters is 1. The third-order valence-corrected chi connectivity index (χ3v) is 3.14. The Morgan fingerprint density at radius 1 is 1.30 bits per heavy atom. The zero-order valence-electron chi connectivity index (χ0n) is 12.7. The molecule has 2 aromatic rings. The number of alkyl halides is 2. The molecular formula is C16H17F2NO4. The quantitative estimate of drug-likeness (QED) is 0.788. The summed E-state index contributed by atoms with van der Waals surface area (Å²) in [7, 11) is 1.50. The predicted octanol–water partition coefficient (Wildman–Crippen LogP) is 3.64. The molecule has 1 atom stereocenters. The topological polar surface area (TPSA) is 60.7 Å². The van der Waals surface area contributed by atoms with E-state index in [1.807, 2.05) is 0 Å². The van der Waals surface area contributed by atoms with Crippen molar-refractivity contribution in [1.82, 2.24) is 0 Å². The van der Waals surface area contributed by atoms with E-state index in [9.17, 15) is 13.6 Å². The van der Waals surface area contributed by atoms with E-state index in [0.29, 0.717) is 11.4 Å². The molecule has 124 valence electrons. The van der Waals surface area contributed by atoms with Crippen LogP contribution in [0.5, 0.6) is 5.75 Å². The Morgan fingerprint density at radius 3 is 2.52 bits per heavy atom. The third-order valence-electron chi connectivity index (χ3n) is 3.14. The van der Waals surface area contributed by atoms with Gasteiger partial charge in [0.25, 0.3) is 0 Å². The molecule has 5 nitrogen and oxygen atoms in total. The molecule has 0 aliphatic carbocycles. The molecule has 0 aliphatic heterocycles. The molecule has 0 saturated carbocycles. The molecular weight excluding hydrogens is 308 g/mol. The number of hydrogen-bond acceptors (Lipinski definition) is 5. The van der Waals surface area contributed by atoms with Crippen LogP contribution >= 0.6 is 0 Å². The van der Waals surface area contributed by atoms with Crippen molar-refractivity contribution in [2.45, 2.75) is 18.9 Å². The minimum Gasteiger partial charge on any atom is -0.497 e. The number of methoxy groups -OCH3 is 1. The van der Waals surface area contributed by atoms with Crippen LogP contribution in [-0.4, -0.2) is 25.6 Å². The zero-order valence-corrected chi connectivity index (χ0v) is 12.7. The first-order valence-electron chi connectivity index (χ1n) is 6.98. The number of carbonyl (C=O) groups excluding carboxylic acids is 1. The van der Waals surface area contributed by atoms with Crippen molar-refractivity contribution in [3.05, 3.63) is 48.4 Å². The minimum atomic E-state index is -3.80. The lowest BCUT2D eigenvalue weighted by molar-refractivity contribution is -0.174. The maximum absolute atomic E-state index is 14.4. The fourth-order valence-corrected chi connectivity index (χ4v) is 2.00. The Balaban J connectivity index is 2.29. The van der Waals surface area contributed by atoms with E-state index < -0.39 is 17.9 Å². The number of anilines is 1. The van der Waals surface area contributed by atoms with Crippen molar-refractivity contribution in [3.8, 4) is 5.75 Å². The van der Waals surface area contributed by atoms with Gasteiger partial charge >= 0.3 is 11.9 Å². The van der Waals surface area contributed by atoms with Gasteiger partial charge in [0.2, 0.25) is 0 Å². The molecule has 0 fully saturated rings. The van der Waals surface area contributed by atoms with Crippen LogP contribution in [0.3, 0.4) is 0 Å². The van der Waals surface area contributed by atoms with E-state index in [-0.39, 0.29) is 12.4 Å². The van der Waals surface area contributed by atoms with Gasteiger partial charge in [0.15, 0.2) is 6.04 Å². The summed E-state index contributed by atoms with van der Waals surface area (Å²) in [6.07, 6.45) is 1.26. The predicted molar refractivity (Wildman–Crippen MR) is 79.6 cm³/mol. The van der Waals surface area contributed by atoms with Crippen molar-refractivity contribution in [2.24, 2.45) is 0 Å². The number of benzene rings is 1. The third kappa shape index (κ3) is 3.80. The van der Waals surface area contributed by atoms with E-state index in [1.165, 1.54) is 32.4 Å². The Kier molecular flexibility index (Phi) is 5.20. The van der Waals surface area contributed by atoms with Gasteiger partial charge in [-0.2, -0.15) is 8.78 Å². The molecule has 0 saturated heterocycles. The molecule has 0 bridgehead atoms. The monoisotopic (exact) mass is 325 g/mol. The molecule has 1 N–H and O–H groups in total. The van der Waals surface area contributed by atoms with Crippen molar-refractivity contribution >= 4 is 11.7 Å². The lowest BCUT2D eigenvalue weighted by Crippen LogP contribution is -2.41. The van der Waals surface area contributed by atoms with Crippen molar-refractivity contribution in [2.75, 3.05) is 19.0 Å². The molecule has 0 aliphatic rings. The first kappa shape index (κ1) is 16.8. The van der Waals surface area contributed by atoms with Crippen LogP contribution in [0.15, 0.2) is 47.1 Å². The summed E-state index contributed by atoms with van der Waals surface area (Å²) in [4.78, 5) is 11.6. The molecule has 0 unspecified atom stereocenters. The Bertz CT molecular complexity index is 626. The summed E-state index contributed by atoms with van der Waals surface area (Å²) >= 11 is 0. The van der Waals surface area contributed by atoms with Gasteiger partial charge in [-0.3, -0.25) is 0 Å². The number of nitrogens with one attached hydrogen (secondary N) is 1. The molecule has 23 heavy (non-hydrogen) atoms. The maximum Gasteiger partial charge on any atom is 0.379 e. The smallest absolute Gasteiger partial charge is 0.379 e. The van der Waals surface area contributed by atoms with Gasteiger partial charge in [-0.15, -0.1) is 0 Å². The standard InChI is InChI=1S/C16H17F2NO4/c1-3-22-15(20)16(17,18)14(13-5-4-10-23-13)19-11-6-8-12(21-2)9-7-11/h4-10,14,19H,3H2,1-2H3/t14-/m0/s1. The Morgan fingerprint density at radius 2 is 2.00 bits per heavy atom. The molecule has 0 spiro atoms. The average molecular weight is 325 g/mol. The highest BCUT2D eigenvalue weighted by Crippen LogP contribution is 2.36. The minimum absolute atomic E-state index is 0.0705. The van der Waals surface area contributed by atoms with Crippen LogP contribution < -0.4 is 10.1 Å². The van der Waals surface area contributed by atoms with Gasteiger partial charge in [-0.25, -0.2) is 4.79 Å². The van der Waals surface area contributed by atoms with E-state index in [2.05, 4.69) is 10.1 Å². The second-order valence-corrected chi connectivity index (χ2v) is 4.66. The van der Waals surface area contributed by atoms with E-state index >= 15 is 0 Å². The van der Waals surface area contributed by atoms with Gasteiger partial charge in [0.1, 0.15) is 11.5 Å². The number of ether oxygens (including phenoxy) is 2. The van der Waals surface area contributed by atoms with Crippen molar-refractivity contribution in [3.63, 3.8) is 0 Å². The Labute approximate surface area is 132 Å². The SMILES string of the molecule is CCOC(=O)C(F)(F)[C@@H](Nc1ccc(OC)cc1)c1ccco1. The van der Waals surface area contributed by atoms with Gasteiger partial charge in [-0.05, 0) is 43.3 Å². The number of halogens is 2. The average Bonchev–Trinajstić information content (AvgIpc) is 3.07. The number of carbonyl (C=O) groups is 1. The molecule has 0 amide bonds. The van der Waals surface area contributed by atoms with Gasteiger partial charge in [-0.1, -0.05) is 0 Å². The molecule has 1 aromatic heterocycles. The van der Waals surface area contributed by atoms with E-state index in [1.54, 1.807) is 24.3 Å². The van der Waals surface area contributed by atoms with Crippen LogP contribution in [0.4, 0.5) is 14.5 Å². The van der Waals surface area contributed by atoms with Crippen LogP contribution in [0, 0.1) is 0 Å². The first-order valence-corrected chi connectivity index (χ1v) is 6.98. The molecule has 1 heterocycles. The highest BCUT2D eigenvalue weighted by molar-refractivity contribution is 5.79. The molecule has 2 rings (SSSR count). The van der Waals surface area contributed by atoms with Gasteiger partial charge in [0, 0.05) is 5.69 Å². The first-order chi connectivity index (χ1) is 11.0. The van der Waals surface area contributed by atoms with Gasteiger partial charge < -0.3 is 19.2 Å². The summed E-state index contributed by atoms with van der Waals surface area (Å²) in [6.45, 7) is 1.33. The maximum atomic E-state index is 14.4. The van der Waals surface area contributed by atoms with Crippen LogP contribution in [0.25, 0.3) is 0 Å². The van der Waals surface area contributed by atoms with E-state index in [4.69, 9.17) is 9.15 Å². The number of rotatable bonds is 7.